The number of allylic oxidation sites excluding steroid dienone is 2. The smallest absolute Gasteiger partial charge is 0.303 e. The van der Waals surface area contributed by atoms with Crippen LogP contribution in [-0.2, 0) is 4.79 Å². The Kier molecular flexibility index (Phi) is 7.76. The van der Waals surface area contributed by atoms with E-state index in [9.17, 15) is 9.59 Å². The van der Waals surface area contributed by atoms with Gasteiger partial charge in [0.2, 0.25) is 0 Å². The largest absolute Gasteiger partial charge is 0.497 e. The molecule has 1 amide bonds. The lowest BCUT2D eigenvalue weighted by molar-refractivity contribution is -0.137. The monoisotopic (exact) mass is 443 g/mol. The lowest BCUT2D eigenvalue weighted by Gasteiger charge is -2.41. The highest BCUT2D eigenvalue weighted by Crippen LogP contribution is 2.40. The van der Waals surface area contributed by atoms with Crippen molar-refractivity contribution in [2.24, 2.45) is 11.3 Å². The maximum Gasteiger partial charge on any atom is 0.303 e. The molecule has 31 heavy (non-hydrogen) atoms. The molecule has 2 aromatic rings. The van der Waals surface area contributed by atoms with Crippen molar-refractivity contribution in [2.75, 3.05) is 7.11 Å². The Balaban J connectivity index is 1.67. The molecular weight excluding hydrogens is 410 g/mol. The maximum absolute atomic E-state index is 13.2. The number of nitrogens with one attached hydrogen (secondary N) is 1. The Hall–Kier alpha value is -2.34. The first-order valence-corrected chi connectivity index (χ1v) is 11.9. The van der Waals surface area contributed by atoms with Gasteiger partial charge in [-0.25, -0.2) is 0 Å². The van der Waals surface area contributed by atoms with Gasteiger partial charge in [0.05, 0.1) is 12.7 Å². The van der Waals surface area contributed by atoms with E-state index in [1.807, 2.05) is 23.6 Å². The molecule has 0 spiro atoms. The third-order valence-electron chi connectivity index (χ3n) is 6.24. The van der Waals surface area contributed by atoms with Crippen molar-refractivity contribution in [3.8, 4) is 5.75 Å². The first-order valence-electron chi connectivity index (χ1n) is 11.0. The number of fused-ring (bicyclic) bond motifs is 1. The standard InChI is InChI=1S/C25H33NO4S/c1-25(2)13-12-17(8-6-4-5-7-9-23(27)28)21(15-25)26-24(29)20-16-31-22-11-10-18(30-3)14-19(20)22/h4,6,10-11,14,16-17,21H,5,7-9,12-13,15H2,1-3H3,(H,26,29)(H,27,28)/b6-4-/t17-,21+/m0/s1. The van der Waals surface area contributed by atoms with Crippen LogP contribution in [0.4, 0.5) is 0 Å². The van der Waals surface area contributed by atoms with Gasteiger partial charge in [-0.3, -0.25) is 9.59 Å². The number of hydrogen-bond donors (Lipinski definition) is 2. The number of thiophene rings is 1. The Labute approximate surface area is 188 Å². The van der Waals surface area contributed by atoms with Crippen molar-refractivity contribution in [1.29, 1.82) is 0 Å². The summed E-state index contributed by atoms with van der Waals surface area (Å²) in [6.07, 6.45) is 10.00. The Bertz CT molecular complexity index is 946. The molecule has 0 aliphatic heterocycles. The van der Waals surface area contributed by atoms with E-state index in [0.717, 1.165) is 47.9 Å². The second kappa shape index (κ2) is 10.3. The third-order valence-corrected chi connectivity index (χ3v) is 7.21. The fraction of sp³-hybridized carbons (Fsp3) is 0.520. The van der Waals surface area contributed by atoms with Crippen LogP contribution in [0.2, 0.25) is 0 Å². The van der Waals surface area contributed by atoms with E-state index in [-0.39, 0.29) is 23.8 Å². The maximum atomic E-state index is 13.2. The fourth-order valence-electron chi connectivity index (χ4n) is 4.41. The van der Waals surface area contributed by atoms with Crippen LogP contribution in [0.25, 0.3) is 10.1 Å². The third kappa shape index (κ3) is 6.33. The fourth-order valence-corrected chi connectivity index (χ4v) is 5.33. The van der Waals surface area contributed by atoms with Crippen LogP contribution in [0.15, 0.2) is 35.7 Å². The highest BCUT2D eigenvalue weighted by Gasteiger charge is 2.35. The molecule has 3 rings (SSSR count). The van der Waals surface area contributed by atoms with Gasteiger partial charge in [0.1, 0.15) is 5.75 Å². The number of carbonyl (C=O) groups excluding carboxylic acids is 1. The molecule has 2 atom stereocenters. The summed E-state index contributed by atoms with van der Waals surface area (Å²) in [5.41, 5.74) is 0.921. The predicted octanol–water partition coefficient (Wildman–Crippen LogP) is 6.04. The van der Waals surface area contributed by atoms with Crippen molar-refractivity contribution in [2.45, 2.75) is 64.8 Å². The van der Waals surface area contributed by atoms with Crippen LogP contribution >= 0.6 is 11.3 Å². The van der Waals surface area contributed by atoms with Crippen LogP contribution < -0.4 is 10.1 Å². The summed E-state index contributed by atoms with van der Waals surface area (Å²) >= 11 is 1.58. The van der Waals surface area contributed by atoms with Gasteiger partial charge in [0.25, 0.3) is 5.91 Å². The second-order valence-electron chi connectivity index (χ2n) is 9.25. The minimum absolute atomic E-state index is 0.0161. The van der Waals surface area contributed by atoms with Crippen LogP contribution in [-0.4, -0.2) is 30.1 Å². The van der Waals surface area contributed by atoms with E-state index in [2.05, 4.69) is 31.3 Å². The lowest BCUT2D eigenvalue weighted by Crippen LogP contribution is -2.46. The number of methoxy groups -OCH3 is 1. The van der Waals surface area contributed by atoms with Gasteiger partial charge in [-0.2, -0.15) is 0 Å². The molecule has 1 fully saturated rings. The zero-order chi connectivity index (χ0) is 22.4. The molecule has 1 aliphatic rings. The molecule has 1 aliphatic carbocycles. The van der Waals surface area contributed by atoms with E-state index < -0.39 is 5.97 Å². The zero-order valence-corrected chi connectivity index (χ0v) is 19.5. The molecule has 1 saturated carbocycles. The summed E-state index contributed by atoms with van der Waals surface area (Å²) in [4.78, 5) is 23.8. The van der Waals surface area contributed by atoms with Crippen LogP contribution in [0, 0.1) is 11.3 Å². The molecule has 1 aromatic heterocycles. The molecule has 1 heterocycles. The van der Waals surface area contributed by atoms with Crippen LogP contribution in [0.3, 0.4) is 0 Å². The number of amides is 1. The van der Waals surface area contributed by atoms with Gasteiger partial charge >= 0.3 is 5.97 Å². The molecule has 1 aromatic carbocycles. The van der Waals surface area contributed by atoms with E-state index in [1.165, 1.54) is 0 Å². The quantitative estimate of drug-likeness (QED) is 0.366. The Morgan fingerprint density at radius 1 is 1.32 bits per heavy atom. The second-order valence-corrected chi connectivity index (χ2v) is 10.2. The van der Waals surface area contributed by atoms with Gasteiger partial charge in [-0.15, -0.1) is 11.3 Å². The number of carbonyl (C=O) groups is 2. The molecular formula is C25H33NO4S. The Morgan fingerprint density at radius 3 is 2.87 bits per heavy atom. The van der Waals surface area contributed by atoms with Gasteiger partial charge in [0.15, 0.2) is 0 Å². The number of rotatable bonds is 9. The van der Waals surface area contributed by atoms with E-state index >= 15 is 0 Å². The molecule has 2 N–H and O–H groups in total. The number of benzene rings is 1. The number of unbranched alkanes of at least 4 members (excludes halogenated alkanes) is 1. The van der Waals surface area contributed by atoms with Crippen LogP contribution in [0.1, 0.15) is 69.2 Å². The van der Waals surface area contributed by atoms with Crippen molar-refractivity contribution in [1.82, 2.24) is 5.32 Å². The van der Waals surface area contributed by atoms with Crippen molar-refractivity contribution >= 4 is 33.3 Å². The number of aliphatic carboxylic acids is 1. The summed E-state index contributed by atoms with van der Waals surface area (Å²) in [5, 5.41) is 15.0. The highest BCUT2D eigenvalue weighted by atomic mass is 32.1. The number of carboxylic acid groups (broad SMARTS) is 1. The molecule has 168 valence electrons. The molecule has 0 radical (unpaired) electrons. The normalized spacial score (nSPS) is 20.7. The van der Waals surface area contributed by atoms with E-state index in [0.29, 0.717) is 17.9 Å². The molecule has 0 bridgehead atoms. The predicted molar refractivity (Wildman–Crippen MR) is 126 cm³/mol. The number of ether oxygens (including phenoxy) is 1. The topological polar surface area (TPSA) is 75.6 Å². The minimum Gasteiger partial charge on any atom is -0.497 e. The number of hydrogen-bond acceptors (Lipinski definition) is 4. The SMILES string of the molecule is COc1ccc2scc(C(=O)N[C@@H]3CC(C)(C)CC[C@@H]3C/C=C\CCCC(=O)O)c2c1. The molecule has 0 saturated heterocycles. The lowest BCUT2D eigenvalue weighted by atomic mass is 9.69. The first kappa shape index (κ1) is 23.3. The summed E-state index contributed by atoms with van der Waals surface area (Å²) in [7, 11) is 1.64. The molecule has 0 unspecified atom stereocenters. The van der Waals surface area contributed by atoms with Gasteiger partial charge < -0.3 is 15.2 Å². The molecule has 5 nitrogen and oxygen atoms in total. The van der Waals surface area contributed by atoms with Crippen molar-refractivity contribution in [3.05, 3.63) is 41.3 Å². The highest BCUT2D eigenvalue weighted by molar-refractivity contribution is 7.17. The number of carboxylic acids is 1. The summed E-state index contributed by atoms with van der Waals surface area (Å²) in [6, 6.07) is 5.98. The van der Waals surface area contributed by atoms with Crippen LogP contribution in [0.5, 0.6) is 5.75 Å². The Morgan fingerprint density at radius 2 is 2.13 bits per heavy atom. The van der Waals surface area contributed by atoms with E-state index in [1.54, 1.807) is 18.4 Å². The summed E-state index contributed by atoms with van der Waals surface area (Å²) in [6.45, 7) is 4.55. The first-order chi connectivity index (χ1) is 14.8. The van der Waals surface area contributed by atoms with Gasteiger partial charge in [-0.1, -0.05) is 26.0 Å². The van der Waals surface area contributed by atoms with Gasteiger partial charge in [-0.05, 0) is 68.1 Å². The minimum atomic E-state index is -0.746. The average Bonchev–Trinajstić information content (AvgIpc) is 3.14. The van der Waals surface area contributed by atoms with Crippen molar-refractivity contribution < 1.29 is 19.4 Å². The summed E-state index contributed by atoms with van der Waals surface area (Å²) in [5.74, 6) is 0.388. The van der Waals surface area contributed by atoms with Crippen molar-refractivity contribution in [3.63, 3.8) is 0 Å². The van der Waals surface area contributed by atoms with Gasteiger partial charge in [0, 0.05) is 27.9 Å². The average molecular weight is 444 g/mol. The summed E-state index contributed by atoms with van der Waals surface area (Å²) < 4.78 is 6.42. The van der Waals surface area contributed by atoms with E-state index in [4.69, 9.17) is 9.84 Å². The molecule has 6 heteroatoms. The zero-order valence-electron chi connectivity index (χ0n) is 18.6.